The Kier molecular flexibility index (Phi) is 7.23. The molecule has 1 unspecified atom stereocenters. The number of aliphatic hydroxyl groups is 1. The summed E-state index contributed by atoms with van der Waals surface area (Å²) < 4.78 is 2.29. The van der Waals surface area contributed by atoms with Crippen LogP contribution < -0.4 is 5.32 Å². The Bertz CT molecular complexity index is 1010. The first-order valence-electron chi connectivity index (χ1n) is 10.1. The number of nitrogens with zero attached hydrogens (tertiary/aromatic N) is 2. The Morgan fingerprint density at radius 2 is 2.00 bits per heavy atom. The van der Waals surface area contributed by atoms with E-state index in [-0.39, 0.29) is 12.5 Å². The molecule has 30 heavy (non-hydrogen) atoms. The molecule has 0 aliphatic rings. The van der Waals surface area contributed by atoms with Crippen LogP contribution in [0.3, 0.4) is 0 Å². The highest BCUT2D eigenvalue weighted by Crippen LogP contribution is 2.28. The average Bonchev–Trinajstić information content (AvgIpc) is 3.34. The summed E-state index contributed by atoms with van der Waals surface area (Å²) in [7, 11) is 0. The van der Waals surface area contributed by atoms with Crippen LogP contribution in [-0.4, -0.2) is 44.3 Å². The Balaban J connectivity index is 1.88. The summed E-state index contributed by atoms with van der Waals surface area (Å²) in [6, 6.07) is 9.88. The minimum atomic E-state index is -1.12. The van der Waals surface area contributed by atoms with Gasteiger partial charge in [-0.25, -0.2) is 4.98 Å². The smallest absolute Gasteiger partial charge is 0.306 e. The molecule has 7 nitrogen and oxygen atoms in total. The molecule has 3 N–H and O–H groups in total. The molecule has 1 atom stereocenters. The lowest BCUT2D eigenvalue weighted by molar-refractivity contribution is -0.139. The van der Waals surface area contributed by atoms with E-state index in [0.29, 0.717) is 11.6 Å². The van der Waals surface area contributed by atoms with E-state index in [1.54, 1.807) is 23.5 Å². The van der Waals surface area contributed by atoms with E-state index in [4.69, 9.17) is 10.1 Å². The Morgan fingerprint density at radius 3 is 2.63 bits per heavy atom. The lowest BCUT2D eigenvalue weighted by atomic mass is 10.1. The molecule has 2 heterocycles. The van der Waals surface area contributed by atoms with Crippen molar-refractivity contribution in [3.63, 3.8) is 0 Å². The van der Waals surface area contributed by atoms with Gasteiger partial charge in [0.1, 0.15) is 5.82 Å². The third-order valence-electron chi connectivity index (χ3n) is 5.15. The number of aliphatic hydroxyl groups excluding tert-OH is 1. The monoisotopic (exact) mass is 429 g/mol. The quantitative estimate of drug-likeness (QED) is 0.457. The number of fused-ring (bicyclic) bond motifs is 1. The van der Waals surface area contributed by atoms with Gasteiger partial charge in [0.15, 0.2) is 0 Å². The fourth-order valence-electron chi connectivity index (χ4n) is 3.63. The minimum absolute atomic E-state index is 0.116. The number of thiophene rings is 1. The number of hydrogen-bond donors (Lipinski definition) is 3. The van der Waals surface area contributed by atoms with Crippen molar-refractivity contribution in [1.82, 2.24) is 14.9 Å². The van der Waals surface area contributed by atoms with E-state index in [9.17, 15) is 14.7 Å². The van der Waals surface area contributed by atoms with E-state index in [1.165, 1.54) is 4.88 Å². The van der Waals surface area contributed by atoms with Crippen molar-refractivity contribution in [3.8, 4) is 0 Å². The van der Waals surface area contributed by atoms with Crippen LogP contribution in [0.1, 0.15) is 60.2 Å². The number of aliphatic carboxylic acids is 1. The first-order chi connectivity index (χ1) is 14.4. The average molecular weight is 430 g/mol. The van der Waals surface area contributed by atoms with Gasteiger partial charge in [0.25, 0.3) is 5.91 Å². The molecule has 1 amide bonds. The number of carbonyl (C=O) groups excluding carboxylic acids is 1. The van der Waals surface area contributed by atoms with Gasteiger partial charge in [-0.3, -0.25) is 9.59 Å². The van der Waals surface area contributed by atoms with Crippen molar-refractivity contribution < 1.29 is 19.8 Å². The van der Waals surface area contributed by atoms with Crippen LogP contribution in [0.4, 0.5) is 0 Å². The van der Waals surface area contributed by atoms with Gasteiger partial charge in [0, 0.05) is 29.4 Å². The number of carboxylic acid groups (broad SMARTS) is 1. The van der Waals surface area contributed by atoms with E-state index in [1.807, 2.05) is 12.1 Å². The molecule has 0 bridgehead atoms. The summed E-state index contributed by atoms with van der Waals surface area (Å²) in [5, 5.41) is 23.0. The zero-order valence-corrected chi connectivity index (χ0v) is 18.0. The summed E-state index contributed by atoms with van der Waals surface area (Å²) >= 11 is 1.70. The molecule has 0 radical (unpaired) electrons. The number of hydrogen-bond acceptors (Lipinski definition) is 5. The Morgan fingerprint density at radius 1 is 1.23 bits per heavy atom. The van der Waals surface area contributed by atoms with Gasteiger partial charge in [-0.2, -0.15) is 0 Å². The fraction of sp³-hybridized carbons (Fsp3) is 0.409. The summed E-state index contributed by atoms with van der Waals surface area (Å²) in [5.41, 5.74) is 2.19. The summed E-state index contributed by atoms with van der Waals surface area (Å²) in [5.74, 6) is -0.489. The van der Waals surface area contributed by atoms with Crippen LogP contribution in [0.5, 0.6) is 0 Å². The zero-order chi connectivity index (χ0) is 21.7. The molecule has 0 aliphatic heterocycles. The summed E-state index contributed by atoms with van der Waals surface area (Å²) in [6.07, 6.45) is 1.19. The van der Waals surface area contributed by atoms with Gasteiger partial charge < -0.3 is 20.1 Å². The maximum Gasteiger partial charge on any atom is 0.306 e. The number of rotatable bonds is 10. The minimum Gasteiger partial charge on any atom is -0.481 e. The molecular formula is C22H27N3O4S. The molecule has 0 saturated heterocycles. The lowest BCUT2D eigenvalue weighted by Gasteiger charge is -2.19. The Hall–Kier alpha value is -2.71. The molecule has 0 saturated carbocycles. The Labute approximate surface area is 179 Å². The third kappa shape index (κ3) is 5.06. The van der Waals surface area contributed by atoms with Crippen molar-refractivity contribution in [2.75, 3.05) is 6.54 Å². The number of imidazole rings is 1. The van der Waals surface area contributed by atoms with Gasteiger partial charge in [-0.15, -0.1) is 11.3 Å². The first-order valence-corrected chi connectivity index (χ1v) is 11.0. The van der Waals surface area contributed by atoms with Crippen LogP contribution >= 0.6 is 11.3 Å². The number of amides is 1. The molecule has 3 rings (SSSR count). The molecule has 8 heteroatoms. The molecule has 3 aromatic rings. The van der Waals surface area contributed by atoms with E-state index >= 15 is 0 Å². The highest BCUT2D eigenvalue weighted by Gasteiger charge is 2.19. The zero-order valence-electron chi connectivity index (χ0n) is 17.2. The molecule has 1 aromatic carbocycles. The number of nitrogens with one attached hydrogen (secondary N) is 1. The maximum absolute atomic E-state index is 12.5. The normalized spacial score (nSPS) is 12.4. The SMILES string of the molecule is CCC(CC)n1c(Cc2cccs2)nc2cc(C(=O)NCC(O)CC(=O)O)ccc21. The molecule has 0 spiro atoms. The summed E-state index contributed by atoms with van der Waals surface area (Å²) in [4.78, 5) is 29.2. The third-order valence-corrected chi connectivity index (χ3v) is 6.03. The van der Waals surface area contributed by atoms with E-state index < -0.39 is 18.5 Å². The standard InChI is InChI=1S/C22H27N3O4S/c1-3-15(4-2)25-19-8-7-14(22(29)23-13-16(26)11-21(27)28)10-18(19)24-20(25)12-17-6-5-9-30-17/h5-10,15-16,26H,3-4,11-13H2,1-2H3,(H,23,29)(H,27,28). The van der Waals surface area contributed by atoms with E-state index in [2.05, 4.69) is 35.2 Å². The van der Waals surface area contributed by atoms with Crippen LogP contribution in [0, 0.1) is 0 Å². The van der Waals surface area contributed by atoms with Crippen molar-refractivity contribution in [2.24, 2.45) is 0 Å². The molecule has 160 valence electrons. The van der Waals surface area contributed by atoms with Crippen LogP contribution in [-0.2, 0) is 11.2 Å². The summed E-state index contributed by atoms with van der Waals surface area (Å²) in [6.45, 7) is 4.22. The van der Waals surface area contributed by atoms with Crippen LogP contribution in [0.2, 0.25) is 0 Å². The number of benzene rings is 1. The van der Waals surface area contributed by atoms with Gasteiger partial charge in [-0.05, 0) is 42.5 Å². The number of carboxylic acids is 1. The van der Waals surface area contributed by atoms with Crippen molar-refractivity contribution in [2.45, 2.75) is 51.7 Å². The predicted molar refractivity (Wildman–Crippen MR) is 117 cm³/mol. The second-order valence-electron chi connectivity index (χ2n) is 7.29. The number of aromatic nitrogens is 2. The van der Waals surface area contributed by atoms with E-state index in [0.717, 1.165) is 36.1 Å². The van der Waals surface area contributed by atoms with Crippen molar-refractivity contribution in [3.05, 3.63) is 52.0 Å². The van der Waals surface area contributed by atoms with Crippen molar-refractivity contribution in [1.29, 1.82) is 0 Å². The van der Waals surface area contributed by atoms with Gasteiger partial charge in [0.05, 0.1) is 23.6 Å². The topological polar surface area (TPSA) is 104 Å². The number of carbonyl (C=O) groups is 2. The highest BCUT2D eigenvalue weighted by molar-refractivity contribution is 7.09. The maximum atomic E-state index is 12.5. The fourth-order valence-corrected chi connectivity index (χ4v) is 4.33. The molecule has 2 aromatic heterocycles. The predicted octanol–water partition coefficient (Wildman–Crippen LogP) is 3.62. The van der Waals surface area contributed by atoms with Gasteiger partial charge in [-0.1, -0.05) is 19.9 Å². The highest BCUT2D eigenvalue weighted by atomic mass is 32.1. The largest absolute Gasteiger partial charge is 0.481 e. The molecule has 0 aliphatic carbocycles. The van der Waals surface area contributed by atoms with Gasteiger partial charge in [0.2, 0.25) is 0 Å². The van der Waals surface area contributed by atoms with Crippen molar-refractivity contribution >= 4 is 34.2 Å². The van der Waals surface area contributed by atoms with Gasteiger partial charge >= 0.3 is 5.97 Å². The lowest BCUT2D eigenvalue weighted by Crippen LogP contribution is -2.33. The van der Waals surface area contributed by atoms with Crippen LogP contribution in [0.25, 0.3) is 11.0 Å². The molecular weight excluding hydrogens is 402 g/mol. The van der Waals surface area contributed by atoms with Crippen LogP contribution in [0.15, 0.2) is 35.7 Å². The molecule has 0 fully saturated rings. The second kappa shape index (κ2) is 9.86. The first kappa shape index (κ1) is 22.0. The second-order valence-corrected chi connectivity index (χ2v) is 8.32.